The van der Waals surface area contributed by atoms with Crippen molar-refractivity contribution in [1.82, 2.24) is 20.2 Å². The van der Waals surface area contributed by atoms with Gasteiger partial charge in [0.15, 0.2) is 5.16 Å². The van der Waals surface area contributed by atoms with Crippen molar-refractivity contribution in [3.8, 4) is 23.1 Å². The van der Waals surface area contributed by atoms with Crippen LogP contribution in [-0.4, -0.2) is 26.4 Å². The molecular formula is C20H15F3N6O2S. The maximum Gasteiger partial charge on any atom is 0.416 e. The van der Waals surface area contributed by atoms with Gasteiger partial charge in [-0.3, -0.25) is 0 Å². The van der Waals surface area contributed by atoms with E-state index in [4.69, 9.17) is 14.9 Å². The molecule has 0 aliphatic heterocycles. The average Bonchev–Trinajstić information content (AvgIpc) is 3.22. The van der Waals surface area contributed by atoms with E-state index in [1.807, 2.05) is 6.26 Å². The van der Waals surface area contributed by atoms with E-state index >= 15 is 0 Å². The molecule has 0 saturated carbocycles. The van der Waals surface area contributed by atoms with Crippen LogP contribution < -0.4 is 15.8 Å². The van der Waals surface area contributed by atoms with Gasteiger partial charge >= 0.3 is 12.2 Å². The molecule has 0 amide bonds. The maximum absolute atomic E-state index is 12.9. The number of hydrogen-bond donors (Lipinski definition) is 2. The Morgan fingerprint density at radius 2 is 1.81 bits per heavy atom. The number of nitrogens with two attached hydrogens (primary N) is 1. The summed E-state index contributed by atoms with van der Waals surface area (Å²) in [5.41, 5.74) is 5.72. The standard InChI is InChI=1S/C20H15F3N6O2S/c1-32-19-26-15(24)10-16(27-19)30-14-7-5-11(6-8-14)17-28-29-18(31-17)25-13-4-2-3-12(9-13)20(21,22)23/h2-10H,1H3,(H,25,29)(H2,24,26,27). The third kappa shape index (κ3) is 5.09. The molecule has 4 aromatic rings. The summed E-state index contributed by atoms with van der Waals surface area (Å²) in [6, 6.07) is 12.9. The van der Waals surface area contributed by atoms with Crippen LogP contribution in [0, 0.1) is 0 Å². The Kier molecular flexibility index (Phi) is 5.86. The fraction of sp³-hybridized carbons (Fsp3) is 0.100. The van der Waals surface area contributed by atoms with E-state index < -0.39 is 11.7 Å². The van der Waals surface area contributed by atoms with Crippen LogP contribution in [-0.2, 0) is 6.18 Å². The smallest absolute Gasteiger partial charge is 0.416 e. The quantitative estimate of drug-likeness (QED) is 0.289. The van der Waals surface area contributed by atoms with Crippen molar-refractivity contribution >= 4 is 29.3 Å². The minimum Gasteiger partial charge on any atom is -0.439 e. The van der Waals surface area contributed by atoms with Crippen molar-refractivity contribution in [3.63, 3.8) is 0 Å². The van der Waals surface area contributed by atoms with Crippen LogP contribution in [0.15, 0.2) is 64.2 Å². The Bertz CT molecular complexity index is 1230. The lowest BCUT2D eigenvalue weighted by molar-refractivity contribution is -0.137. The number of nitrogen functional groups attached to an aromatic ring is 1. The van der Waals surface area contributed by atoms with Gasteiger partial charge < -0.3 is 20.2 Å². The number of halogens is 3. The molecule has 2 heterocycles. The average molecular weight is 460 g/mol. The zero-order valence-electron chi connectivity index (χ0n) is 16.4. The van der Waals surface area contributed by atoms with E-state index in [1.165, 1.54) is 30.0 Å². The highest BCUT2D eigenvalue weighted by Gasteiger charge is 2.30. The zero-order chi connectivity index (χ0) is 22.7. The van der Waals surface area contributed by atoms with Crippen LogP contribution in [0.1, 0.15) is 5.56 Å². The van der Waals surface area contributed by atoms with E-state index in [9.17, 15) is 13.2 Å². The number of ether oxygens (including phenoxy) is 1. The van der Waals surface area contributed by atoms with Crippen LogP contribution in [0.4, 0.5) is 30.7 Å². The lowest BCUT2D eigenvalue weighted by atomic mass is 10.2. The van der Waals surface area contributed by atoms with E-state index in [2.05, 4.69) is 25.5 Å². The number of hydrogen-bond acceptors (Lipinski definition) is 9. The largest absolute Gasteiger partial charge is 0.439 e. The Balaban J connectivity index is 1.46. The summed E-state index contributed by atoms with van der Waals surface area (Å²) in [6.45, 7) is 0. The summed E-state index contributed by atoms with van der Waals surface area (Å²) in [5.74, 6) is 1.28. The molecule has 0 spiro atoms. The Morgan fingerprint density at radius 1 is 1.03 bits per heavy atom. The van der Waals surface area contributed by atoms with Crippen molar-refractivity contribution in [2.45, 2.75) is 11.3 Å². The molecule has 0 aliphatic carbocycles. The first-order valence-electron chi connectivity index (χ1n) is 9.05. The number of aromatic nitrogens is 4. The lowest BCUT2D eigenvalue weighted by Crippen LogP contribution is -2.05. The Morgan fingerprint density at radius 3 is 2.53 bits per heavy atom. The number of alkyl halides is 3. The summed E-state index contributed by atoms with van der Waals surface area (Å²) in [6.07, 6.45) is -2.62. The number of benzene rings is 2. The molecule has 164 valence electrons. The molecule has 0 aliphatic rings. The predicted molar refractivity (Wildman–Crippen MR) is 113 cm³/mol. The molecule has 0 unspecified atom stereocenters. The summed E-state index contributed by atoms with van der Waals surface area (Å²) < 4.78 is 49.8. The first-order valence-corrected chi connectivity index (χ1v) is 10.3. The number of anilines is 3. The van der Waals surface area contributed by atoms with Crippen molar-refractivity contribution in [1.29, 1.82) is 0 Å². The second-order valence-electron chi connectivity index (χ2n) is 6.36. The number of nitrogens with zero attached hydrogens (tertiary/aromatic N) is 4. The fourth-order valence-corrected chi connectivity index (χ4v) is 3.02. The van der Waals surface area contributed by atoms with Crippen LogP contribution in [0.5, 0.6) is 11.6 Å². The molecule has 0 atom stereocenters. The molecule has 12 heteroatoms. The molecule has 0 saturated heterocycles. The second-order valence-corrected chi connectivity index (χ2v) is 7.13. The molecule has 3 N–H and O–H groups in total. The van der Waals surface area contributed by atoms with Gasteiger partial charge in [0.1, 0.15) is 11.6 Å². The first-order chi connectivity index (χ1) is 15.3. The molecule has 2 aromatic heterocycles. The highest BCUT2D eigenvalue weighted by atomic mass is 32.2. The fourth-order valence-electron chi connectivity index (χ4n) is 2.64. The zero-order valence-corrected chi connectivity index (χ0v) is 17.2. The molecule has 32 heavy (non-hydrogen) atoms. The highest BCUT2D eigenvalue weighted by Crippen LogP contribution is 2.32. The van der Waals surface area contributed by atoms with Gasteiger partial charge in [-0.15, -0.1) is 5.10 Å². The minimum atomic E-state index is -4.45. The van der Waals surface area contributed by atoms with Crippen LogP contribution in [0.25, 0.3) is 11.5 Å². The number of nitrogens with one attached hydrogen (secondary N) is 1. The van der Waals surface area contributed by atoms with Gasteiger partial charge in [-0.05, 0) is 48.7 Å². The van der Waals surface area contributed by atoms with Crippen LogP contribution in [0.2, 0.25) is 0 Å². The molecule has 4 rings (SSSR count). The first kappa shape index (κ1) is 21.4. The van der Waals surface area contributed by atoms with Gasteiger partial charge in [0, 0.05) is 17.3 Å². The normalized spacial score (nSPS) is 11.4. The molecule has 8 nitrogen and oxygen atoms in total. The molecular weight excluding hydrogens is 445 g/mol. The third-order valence-corrected chi connectivity index (χ3v) is 4.62. The summed E-state index contributed by atoms with van der Waals surface area (Å²) in [4.78, 5) is 8.28. The summed E-state index contributed by atoms with van der Waals surface area (Å²) >= 11 is 1.34. The lowest BCUT2D eigenvalue weighted by Gasteiger charge is -2.08. The van der Waals surface area contributed by atoms with E-state index in [1.54, 1.807) is 24.3 Å². The summed E-state index contributed by atoms with van der Waals surface area (Å²) in [7, 11) is 0. The second kappa shape index (κ2) is 8.75. The van der Waals surface area contributed by atoms with E-state index in [-0.39, 0.29) is 17.6 Å². The SMILES string of the molecule is CSc1nc(N)cc(Oc2ccc(-c3nnc(Nc4cccc(C(F)(F)F)c4)o3)cc2)n1. The van der Waals surface area contributed by atoms with Gasteiger partial charge in [0.2, 0.25) is 11.8 Å². The van der Waals surface area contributed by atoms with Crippen molar-refractivity contribution in [2.24, 2.45) is 0 Å². The molecule has 0 radical (unpaired) electrons. The minimum absolute atomic E-state index is 0.0410. The van der Waals surface area contributed by atoms with Gasteiger partial charge in [-0.25, -0.2) is 4.98 Å². The molecule has 0 bridgehead atoms. The van der Waals surface area contributed by atoms with Gasteiger partial charge in [0.05, 0.1) is 5.56 Å². The summed E-state index contributed by atoms with van der Waals surface area (Å²) in [5, 5.41) is 10.9. The Labute approximate surface area is 184 Å². The number of thioether (sulfide) groups is 1. The van der Waals surface area contributed by atoms with Crippen LogP contribution >= 0.6 is 11.8 Å². The van der Waals surface area contributed by atoms with Crippen LogP contribution in [0.3, 0.4) is 0 Å². The van der Waals surface area contributed by atoms with Crippen molar-refractivity contribution < 1.29 is 22.3 Å². The van der Waals surface area contributed by atoms with Crippen molar-refractivity contribution in [3.05, 3.63) is 60.2 Å². The predicted octanol–water partition coefficient (Wildman–Crippen LogP) is 5.39. The van der Waals surface area contributed by atoms with Gasteiger partial charge in [-0.2, -0.15) is 18.2 Å². The monoisotopic (exact) mass is 460 g/mol. The third-order valence-electron chi connectivity index (χ3n) is 4.07. The van der Waals surface area contributed by atoms with Gasteiger partial charge in [0.25, 0.3) is 0 Å². The topological polar surface area (TPSA) is 112 Å². The molecule has 0 fully saturated rings. The Hall–Kier alpha value is -3.80. The van der Waals surface area contributed by atoms with Crippen molar-refractivity contribution in [2.75, 3.05) is 17.3 Å². The maximum atomic E-state index is 12.9. The highest BCUT2D eigenvalue weighted by molar-refractivity contribution is 7.98. The van der Waals surface area contributed by atoms with E-state index in [0.717, 1.165) is 12.1 Å². The number of rotatable bonds is 6. The van der Waals surface area contributed by atoms with E-state index in [0.29, 0.717) is 28.2 Å². The van der Waals surface area contributed by atoms with Gasteiger partial charge in [-0.1, -0.05) is 22.9 Å². The molecule has 2 aromatic carbocycles.